The van der Waals surface area contributed by atoms with Crippen LogP contribution in [-0.4, -0.2) is 9.97 Å². The first-order valence-corrected chi connectivity index (χ1v) is 5.86. The standard InChI is InChI=1S/C9H7BrN2S/c10-7-3-6-4-11-8(5-1-2-5)12-9(6)13-7/h3-5H,1-2H2. The van der Waals surface area contributed by atoms with Gasteiger partial charge in [-0.1, -0.05) is 0 Å². The van der Waals surface area contributed by atoms with E-state index in [1.54, 1.807) is 11.3 Å². The van der Waals surface area contributed by atoms with E-state index in [1.807, 2.05) is 6.20 Å². The number of aromatic nitrogens is 2. The summed E-state index contributed by atoms with van der Waals surface area (Å²) in [6.45, 7) is 0. The molecule has 2 aromatic heterocycles. The zero-order valence-corrected chi connectivity index (χ0v) is 9.23. The summed E-state index contributed by atoms with van der Waals surface area (Å²) in [4.78, 5) is 9.99. The van der Waals surface area contributed by atoms with Crippen LogP contribution < -0.4 is 0 Å². The lowest BCUT2D eigenvalue weighted by molar-refractivity contribution is 0.951. The molecule has 0 aromatic carbocycles. The van der Waals surface area contributed by atoms with Crippen molar-refractivity contribution in [1.29, 1.82) is 0 Å². The Morgan fingerprint density at radius 3 is 3.08 bits per heavy atom. The molecular formula is C9H7BrN2S. The highest BCUT2D eigenvalue weighted by molar-refractivity contribution is 9.11. The number of hydrogen-bond donors (Lipinski definition) is 0. The molecule has 0 unspecified atom stereocenters. The second-order valence-electron chi connectivity index (χ2n) is 3.31. The van der Waals surface area contributed by atoms with Crippen LogP contribution in [0.5, 0.6) is 0 Å². The van der Waals surface area contributed by atoms with Gasteiger partial charge in [0.2, 0.25) is 0 Å². The molecule has 2 nitrogen and oxygen atoms in total. The average Bonchev–Trinajstić information content (AvgIpc) is 2.87. The normalized spacial score (nSPS) is 16.7. The van der Waals surface area contributed by atoms with Gasteiger partial charge in [0.1, 0.15) is 10.7 Å². The van der Waals surface area contributed by atoms with Crippen LogP contribution in [0.4, 0.5) is 0 Å². The Labute approximate surface area is 88.1 Å². The third-order valence-corrected chi connectivity index (χ3v) is 3.75. The Morgan fingerprint density at radius 2 is 2.31 bits per heavy atom. The first-order valence-electron chi connectivity index (χ1n) is 4.25. The number of rotatable bonds is 1. The lowest BCUT2D eigenvalue weighted by atomic mass is 10.3. The molecule has 0 N–H and O–H groups in total. The van der Waals surface area contributed by atoms with Crippen LogP contribution in [0.25, 0.3) is 10.2 Å². The Balaban J connectivity index is 2.20. The second kappa shape index (κ2) is 2.75. The van der Waals surface area contributed by atoms with E-state index in [0.29, 0.717) is 5.92 Å². The van der Waals surface area contributed by atoms with Crippen molar-refractivity contribution in [3.05, 3.63) is 21.9 Å². The number of thiophene rings is 1. The van der Waals surface area contributed by atoms with Gasteiger partial charge in [-0.2, -0.15) is 0 Å². The first-order chi connectivity index (χ1) is 6.33. The molecule has 1 fully saturated rings. The molecule has 1 saturated carbocycles. The van der Waals surface area contributed by atoms with Crippen molar-refractivity contribution < 1.29 is 0 Å². The highest BCUT2D eigenvalue weighted by atomic mass is 79.9. The van der Waals surface area contributed by atoms with Gasteiger partial charge in [0.25, 0.3) is 0 Å². The highest BCUT2D eigenvalue weighted by Crippen LogP contribution is 2.39. The maximum absolute atomic E-state index is 4.54. The van der Waals surface area contributed by atoms with Crippen LogP contribution in [0, 0.1) is 0 Å². The molecule has 0 spiro atoms. The van der Waals surface area contributed by atoms with Gasteiger partial charge in [-0.3, -0.25) is 0 Å². The van der Waals surface area contributed by atoms with Gasteiger partial charge >= 0.3 is 0 Å². The van der Waals surface area contributed by atoms with E-state index in [-0.39, 0.29) is 0 Å². The van der Waals surface area contributed by atoms with Crippen molar-refractivity contribution in [3.8, 4) is 0 Å². The Bertz CT molecular complexity index is 462. The van der Waals surface area contributed by atoms with Gasteiger partial charge in [-0.25, -0.2) is 9.97 Å². The SMILES string of the molecule is Brc1cc2cnc(C3CC3)nc2s1. The predicted molar refractivity (Wildman–Crippen MR) is 57.1 cm³/mol. The second-order valence-corrected chi connectivity index (χ2v) is 5.72. The molecule has 0 aliphatic heterocycles. The summed E-state index contributed by atoms with van der Waals surface area (Å²) in [5, 5.41) is 1.14. The largest absolute Gasteiger partial charge is 0.240 e. The summed E-state index contributed by atoms with van der Waals surface area (Å²) >= 11 is 5.13. The smallest absolute Gasteiger partial charge is 0.133 e. The summed E-state index contributed by atoms with van der Waals surface area (Å²) in [6.07, 6.45) is 4.45. The van der Waals surface area contributed by atoms with Crippen LogP contribution in [0.3, 0.4) is 0 Å². The summed E-state index contributed by atoms with van der Waals surface area (Å²) in [7, 11) is 0. The van der Waals surface area contributed by atoms with Gasteiger partial charge in [0, 0.05) is 17.5 Å². The minimum atomic E-state index is 0.644. The third-order valence-electron chi connectivity index (χ3n) is 2.20. The quantitative estimate of drug-likeness (QED) is 0.781. The topological polar surface area (TPSA) is 25.8 Å². The Hall–Kier alpha value is -0.480. The van der Waals surface area contributed by atoms with Crippen LogP contribution in [0.2, 0.25) is 0 Å². The van der Waals surface area contributed by atoms with Gasteiger partial charge in [0.15, 0.2) is 0 Å². The van der Waals surface area contributed by atoms with Crippen molar-refractivity contribution in [2.45, 2.75) is 18.8 Å². The predicted octanol–water partition coefficient (Wildman–Crippen LogP) is 3.33. The van der Waals surface area contributed by atoms with Crippen LogP contribution in [-0.2, 0) is 0 Å². The molecule has 0 bridgehead atoms. The summed E-state index contributed by atoms with van der Waals surface area (Å²) in [6, 6.07) is 2.07. The van der Waals surface area contributed by atoms with E-state index < -0.39 is 0 Å². The summed E-state index contributed by atoms with van der Waals surface area (Å²) in [5.41, 5.74) is 0. The molecule has 0 radical (unpaired) electrons. The fraction of sp³-hybridized carbons (Fsp3) is 0.333. The van der Waals surface area contributed by atoms with Crippen molar-refractivity contribution in [3.63, 3.8) is 0 Å². The number of fused-ring (bicyclic) bond motifs is 1. The van der Waals surface area contributed by atoms with E-state index >= 15 is 0 Å². The van der Waals surface area contributed by atoms with Crippen LogP contribution in [0.1, 0.15) is 24.6 Å². The molecule has 1 aliphatic carbocycles. The molecule has 0 amide bonds. The molecule has 2 heterocycles. The maximum atomic E-state index is 4.54. The number of halogens is 1. The average molecular weight is 255 g/mol. The minimum absolute atomic E-state index is 0.644. The first kappa shape index (κ1) is 7.88. The lowest BCUT2D eigenvalue weighted by Gasteiger charge is -1.94. The molecule has 1 aliphatic rings. The van der Waals surface area contributed by atoms with Crippen molar-refractivity contribution in [2.75, 3.05) is 0 Å². The van der Waals surface area contributed by atoms with Gasteiger partial charge < -0.3 is 0 Å². The third kappa shape index (κ3) is 1.38. The summed E-state index contributed by atoms with van der Waals surface area (Å²) in [5.74, 6) is 1.67. The molecular weight excluding hydrogens is 248 g/mol. The molecule has 4 heteroatoms. The molecule has 13 heavy (non-hydrogen) atoms. The van der Waals surface area contributed by atoms with Crippen LogP contribution >= 0.6 is 27.3 Å². The molecule has 66 valence electrons. The van der Waals surface area contributed by atoms with E-state index in [1.165, 1.54) is 12.8 Å². The van der Waals surface area contributed by atoms with E-state index in [4.69, 9.17) is 0 Å². The molecule has 2 aromatic rings. The summed E-state index contributed by atoms with van der Waals surface area (Å²) < 4.78 is 1.13. The molecule has 0 saturated heterocycles. The minimum Gasteiger partial charge on any atom is -0.240 e. The van der Waals surface area contributed by atoms with Crippen molar-refractivity contribution in [2.24, 2.45) is 0 Å². The van der Waals surface area contributed by atoms with Gasteiger partial charge in [-0.05, 0) is 34.8 Å². The zero-order valence-electron chi connectivity index (χ0n) is 6.83. The van der Waals surface area contributed by atoms with E-state index in [9.17, 15) is 0 Å². The highest BCUT2D eigenvalue weighted by Gasteiger charge is 2.26. The Morgan fingerprint density at radius 1 is 1.46 bits per heavy atom. The van der Waals surface area contributed by atoms with E-state index in [0.717, 1.165) is 19.8 Å². The molecule has 3 rings (SSSR count). The monoisotopic (exact) mass is 254 g/mol. The van der Waals surface area contributed by atoms with Crippen molar-refractivity contribution >= 4 is 37.5 Å². The fourth-order valence-corrected chi connectivity index (χ4v) is 2.80. The van der Waals surface area contributed by atoms with Crippen molar-refractivity contribution in [1.82, 2.24) is 9.97 Å². The molecule has 0 atom stereocenters. The lowest BCUT2D eigenvalue weighted by Crippen LogP contribution is -1.89. The maximum Gasteiger partial charge on any atom is 0.133 e. The van der Waals surface area contributed by atoms with E-state index in [2.05, 4.69) is 32.0 Å². The van der Waals surface area contributed by atoms with Gasteiger partial charge in [0.05, 0.1) is 3.79 Å². The van der Waals surface area contributed by atoms with Crippen LogP contribution in [0.15, 0.2) is 16.0 Å². The Kier molecular flexibility index (Phi) is 1.67. The zero-order chi connectivity index (χ0) is 8.84. The number of hydrogen-bond acceptors (Lipinski definition) is 3. The number of nitrogens with zero attached hydrogens (tertiary/aromatic N) is 2. The van der Waals surface area contributed by atoms with Gasteiger partial charge in [-0.15, -0.1) is 11.3 Å². The fourth-order valence-electron chi connectivity index (χ4n) is 1.35.